The van der Waals surface area contributed by atoms with Crippen LogP contribution in [0.3, 0.4) is 0 Å². The molecule has 1 saturated carbocycles. The monoisotopic (exact) mass is 263 g/mol. The van der Waals surface area contributed by atoms with Crippen LogP contribution in [-0.2, 0) is 0 Å². The number of rotatable bonds is 0. The molecular weight excluding hydrogens is 262 g/mol. The third-order valence-corrected chi connectivity index (χ3v) is 2.05. The summed E-state index contributed by atoms with van der Waals surface area (Å²) >= 11 is 0. The average Bonchev–Trinajstić information content (AvgIpc) is 2.12. The Morgan fingerprint density at radius 3 is 1.50 bits per heavy atom. The van der Waals surface area contributed by atoms with Crippen molar-refractivity contribution >= 4 is 0 Å². The van der Waals surface area contributed by atoms with Crippen LogP contribution in [0, 0.1) is 6.17 Å². The topological polar surface area (TPSA) is 0 Å². The summed E-state index contributed by atoms with van der Waals surface area (Å²) in [6.45, 7) is 0. The average molecular weight is 263 g/mol. The number of hydrogen-bond donors (Lipinski definition) is 0. The molecule has 0 aromatic carbocycles. The maximum Gasteiger partial charge on any atom is 0.381 e. The summed E-state index contributed by atoms with van der Waals surface area (Å²) in [5.41, 5.74) is 0. The second-order valence-corrected chi connectivity index (χ2v) is 3.06. The summed E-state index contributed by atoms with van der Waals surface area (Å²) in [6.07, 6.45) is -8.61. The number of hydrogen-bond acceptors (Lipinski definition) is 0. The van der Waals surface area contributed by atoms with E-state index in [0.717, 1.165) is 0 Å². The Labute approximate surface area is 81.2 Å². The van der Waals surface area contributed by atoms with Gasteiger partial charge in [0.1, 0.15) is 0 Å². The van der Waals surface area contributed by atoms with Crippen LogP contribution >= 0.6 is 0 Å². The van der Waals surface area contributed by atoms with Crippen molar-refractivity contribution in [3.05, 3.63) is 6.17 Å². The first-order valence-corrected chi connectivity index (χ1v) is 3.50. The Morgan fingerprint density at radius 1 is 0.750 bits per heavy atom. The second kappa shape index (κ2) is 2.95. The molecule has 95 valence electrons. The van der Waals surface area contributed by atoms with E-state index in [-0.39, 0.29) is 0 Å². The van der Waals surface area contributed by atoms with Crippen LogP contribution in [0.5, 0.6) is 0 Å². The zero-order valence-corrected chi connectivity index (χ0v) is 6.86. The lowest BCUT2D eigenvalue weighted by Gasteiger charge is -2.44. The van der Waals surface area contributed by atoms with Crippen LogP contribution in [0.2, 0.25) is 0 Å². The molecule has 1 radical (unpaired) electrons. The highest BCUT2D eigenvalue weighted by molar-refractivity contribution is 5.24. The van der Waals surface area contributed by atoms with Crippen LogP contribution in [-0.4, -0.2) is 29.9 Å². The first-order valence-electron chi connectivity index (χ1n) is 3.50. The van der Waals surface area contributed by atoms with E-state index in [2.05, 4.69) is 0 Å². The summed E-state index contributed by atoms with van der Waals surface area (Å²) in [6, 6.07) is 0. The molecule has 0 amide bonds. The zero-order valence-electron chi connectivity index (χ0n) is 6.86. The van der Waals surface area contributed by atoms with Crippen molar-refractivity contribution in [1.82, 2.24) is 0 Å². The maximum absolute atomic E-state index is 12.3. The zero-order chi connectivity index (χ0) is 13.2. The van der Waals surface area contributed by atoms with Crippen LogP contribution in [0.25, 0.3) is 0 Å². The van der Waals surface area contributed by atoms with Crippen LogP contribution in [0.1, 0.15) is 0 Å². The maximum atomic E-state index is 12.3. The molecule has 1 atom stereocenters. The molecule has 1 aliphatic rings. The lowest BCUT2D eigenvalue weighted by Crippen LogP contribution is -2.72. The number of alkyl halides is 9. The van der Waals surface area contributed by atoms with Crippen molar-refractivity contribution in [2.24, 2.45) is 0 Å². The lowest BCUT2D eigenvalue weighted by atomic mass is 9.83. The van der Waals surface area contributed by atoms with Gasteiger partial charge < -0.3 is 0 Å². The van der Waals surface area contributed by atoms with E-state index in [0.29, 0.717) is 0 Å². The fourth-order valence-corrected chi connectivity index (χ4v) is 1.03. The van der Waals surface area contributed by atoms with Gasteiger partial charge in [0, 0.05) is 0 Å². The van der Waals surface area contributed by atoms with E-state index in [1.54, 1.807) is 0 Å². The Bertz CT molecular complexity index is 264. The van der Waals surface area contributed by atoms with Gasteiger partial charge in [0.15, 0.2) is 0 Å². The molecule has 0 aromatic heterocycles. The quantitative estimate of drug-likeness (QED) is 0.588. The van der Waals surface area contributed by atoms with Crippen molar-refractivity contribution in [3.63, 3.8) is 0 Å². The number of halogens is 10. The third kappa shape index (κ3) is 1.12. The van der Waals surface area contributed by atoms with E-state index in [9.17, 15) is 43.9 Å². The summed E-state index contributed by atoms with van der Waals surface area (Å²) in [7, 11) is 0. The van der Waals surface area contributed by atoms with Crippen molar-refractivity contribution in [2.75, 3.05) is 0 Å². The Balaban J connectivity index is 3.42. The first kappa shape index (κ1) is 13.4. The minimum absolute atomic E-state index is 3.81. The molecule has 0 saturated heterocycles. The van der Waals surface area contributed by atoms with Gasteiger partial charge >= 0.3 is 23.7 Å². The molecular formula is C6HF10. The molecule has 1 aliphatic carbocycles. The normalized spacial score (nSPS) is 36.0. The lowest BCUT2D eigenvalue weighted by molar-refractivity contribution is -0.403. The standard InChI is InChI=1S/C6HF10/c7-1-2(8)4(11,12)6(15,16)5(13,14)3(1,9)10/h1H. The van der Waals surface area contributed by atoms with Gasteiger partial charge in [-0.05, 0) is 0 Å². The van der Waals surface area contributed by atoms with E-state index >= 15 is 0 Å². The predicted molar refractivity (Wildman–Crippen MR) is 29.0 cm³/mol. The molecule has 1 unspecified atom stereocenters. The van der Waals surface area contributed by atoms with Crippen LogP contribution < -0.4 is 0 Å². The highest BCUT2D eigenvalue weighted by atomic mass is 19.4. The van der Waals surface area contributed by atoms with Gasteiger partial charge in [-0.1, -0.05) is 0 Å². The van der Waals surface area contributed by atoms with Crippen molar-refractivity contribution in [2.45, 2.75) is 29.9 Å². The molecule has 0 N–H and O–H groups in total. The summed E-state index contributed by atoms with van der Waals surface area (Å²) in [4.78, 5) is 0. The summed E-state index contributed by atoms with van der Waals surface area (Å²) in [5, 5.41) is 0. The molecule has 0 heterocycles. The summed E-state index contributed by atoms with van der Waals surface area (Å²) < 4.78 is 123. The van der Waals surface area contributed by atoms with Gasteiger partial charge in [-0.25, -0.2) is 8.78 Å². The molecule has 0 aromatic rings. The summed E-state index contributed by atoms with van der Waals surface area (Å²) in [5.74, 6) is -25.9. The van der Waals surface area contributed by atoms with E-state index in [4.69, 9.17) is 0 Å². The highest BCUT2D eigenvalue weighted by Crippen LogP contribution is 2.63. The molecule has 0 spiro atoms. The van der Waals surface area contributed by atoms with Crippen LogP contribution in [0.15, 0.2) is 0 Å². The molecule has 0 bridgehead atoms. The van der Waals surface area contributed by atoms with E-state index in [1.165, 1.54) is 0 Å². The Hall–Kier alpha value is -0.700. The van der Waals surface area contributed by atoms with Gasteiger partial charge in [-0.2, -0.15) is 35.1 Å². The van der Waals surface area contributed by atoms with Gasteiger partial charge in [0.05, 0.1) is 0 Å². The van der Waals surface area contributed by atoms with Crippen LogP contribution in [0.4, 0.5) is 43.9 Å². The van der Waals surface area contributed by atoms with Crippen molar-refractivity contribution in [1.29, 1.82) is 0 Å². The van der Waals surface area contributed by atoms with Gasteiger partial charge in [0.2, 0.25) is 6.17 Å². The molecule has 10 heteroatoms. The molecule has 0 nitrogen and oxygen atoms in total. The van der Waals surface area contributed by atoms with Crippen molar-refractivity contribution in [3.8, 4) is 0 Å². The Morgan fingerprint density at radius 2 is 1.12 bits per heavy atom. The Kier molecular flexibility index (Phi) is 2.46. The highest BCUT2D eigenvalue weighted by Gasteiger charge is 2.91. The van der Waals surface area contributed by atoms with Gasteiger partial charge in [-0.15, -0.1) is 0 Å². The minimum Gasteiger partial charge on any atom is -0.237 e. The minimum atomic E-state index is -6.71. The first-order chi connectivity index (χ1) is 6.82. The van der Waals surface area contributed by atoms with Gasteiger partial charge in [0.25, 0.3) is 6.17 Å². The molecule has 1 fully saturated rings. The molecule has 0 aliphatic heterocycles. The smallest absolute Gasteiger partial charge is 0.237 e. The predicted octanol–water partition coefficient (Wildman–Crippen LogP) is 3.38. The molecule has 16 heavy (non-hydrogen) atoms. The molecule has 1 rings (SSSR count). The fourth-order valence-electron chi connectivity index (χ4n) is 1.03. The van der Waals surface area contributed by atoms with Crippen molar-refractivity contribution < 1.29 is 43.9 Å². The van der Waals surface area contributed by atoms with Gasteiger partial charge in [-0.3, -0.25) is 0 Å². The third-order valence-electron chi connectivity index (χ3n) is 2.05. The second-order valence-electron chi connectivity index (χ2n) is 3.06. The largest absolute Gasteiger partial charge is 0.381 e. The van der Waals surface area contributed by atoms with E-state index < -0.39 is 36.0 Å². The van der Waals surface area contributed by atoms with E-state index in [1.807, 2.05) is 0 Å². The fraction of sp³-hybridized carbons (Fsp3) is 0.833. The SMILES string of the molecule is F[C]1C(F)C(F)(F)C(F)(F)C(F)(F)C1(F)F.